The molecule has 0 unspecified atom stereocenters. The highest BCUT2D eigenvalue weighted by atomic mass is 35.5. The number of hydrogen-bond acceptors (Lipinski definition) is 4. The number of benzene rings is 2. The zero-order valence-corrected chi connectivity index (χ0v) is 15.9. The molecule has 0 aromatic heterocycles. The van der Waals surface area contributed by atoms with Crippen molar-refractivity contribution >= 4 is 33.2 Å². The molecule has 6 nitrogen and oxygen atoms in total. The minimum Gasteiger partial charge on any atom is -0.393 e. The lowest BCUT2D eigenvalue weighted by Crippen LogP contribution is -2.46. The van der Waals surface area contributed by atoms with Crippen LogP contribution in [0.4, 0.5) is 23.2 Å². The normalized spacial score (nSPS) is 19.0. The molecule has 1 fully saturated rings. The lowest BCUT2D eigenvalue weighted by molar-refractivity contribution is 0.0712. The van der Waals surface area contributed by atoms with Gasteiger partial charge < -0.3 is 10.4 Å². The summed E-state index contributed by atoms with van der Waals surface area (Å²) >= 11 is 5.81. The number of nitrogens with one attached hydrogen (secondary N) is 2. The molecule has 0 spiro atoms. The van der Waals surface area contributed by atoms with Gasteiger partial charge in [0.05, 0.1) is 16.7 Å². The van der Waals surface area contributed by atoms with Gasteiger partial charge in [-0.05, 0) is 25.0 Å². The maximum absolute atomic E-state index is 14.2. The maximum atomic E-state index is 14.2. The standard InChI is InChI=1S/C17H13ClF4N2O4S/c18-11-6-12(19)15(29(27,28)24-8-1-9(25)2-8)5-10(11)17(26)23-7-3-13(20)16(22)14(21)4-7/h3-6,8-9,24-25H,1-2H2,(H,23,26). The minimum atomic E-state index is -4.38. The Bertz CT molecular complexity index is 1070. The second-order valence-corrected chi connectivity index (χ2v) is 8.50. The average Bonchev–Trinajstić information content (AvgIpc) is 2.57. The van der Waals surface area contributed by atoms with Gasteiger partial charge in [-0.2, -0.15) is 0 Å². The predicted octanol–water partition coefficient (Wildman–Crippen LogP) is 2.95. The summed E-state index contributed by atoms with van der Waals surface area (Å²) in [6.07, 6.45) is -0.344. The fraction of sp³-hybridized carbons (Fsp3) is 0.235. The molecule has 3 rings (SSSR count). The van der Waals surface area contributed by atoms with Crippen LogP contribution < -0.4 is 10.0 Å². The van der Waals surface area contributed by atoms with E-state index in [4.69, 9.17) is 11.6 Å². The Morgan fingerprint density at radius 3 is 2.17 bits per heavy atom. The minimum absolute atomic E-state index is 0.156. The van der Waals surface area contributed by atoms with Gasteiger partial charge in [0.1, 0.15) is 10.7 Å². The summed E-state index contributed by atoms with van der Waals surface area (Å²) in [6, 6.07) is 1.70. The number of anilines is 1. The van der Waals surface area contributed by atoms with Gasteiger partial charge in [-0.25, -0.2) is 30.7 Å². The number of sulfonamides is 1. The lowest BCUT2D eigenvalue weighted by atomic mass is 9.91. The first kappa shape index (κ1) is 21.5. The fourth-order valence-corrected chi connectivity index (χ4v) is 4.29. The van der Waals surface area contributed by atoms with Gasteiger partial charge in [0.15, 0.2) is 17.5 Å². The van der Waals surface area contributed by atoms with Gasteiger partial charge in [0.2, 0.25) is 10.0 Å². The molecule has 0 heterocycles. The fourth-order valence-electron chi connectivity index (χ4n) is 2.70. The van der Waals surface area contributed by atoms with Crippen molar-refractivity contribution in [1.29, 1.82) is 0 Å². The molecule has 1 aliphatic carbocycles. The van der Waals surface area contributed by atoms with Crippen LogP contribution in [0.15, 0.2) is 29.2 Å². The van der Waals surface area contributed by atoms with Crippen molar-refractivity contribution in [3.8, 4) is 0 Å². The van der Waals surface area contributed by atoms with Gasteiger partial charge in [-0.3, -0.25) is 4.79 Å². The molecule has 1 aliphatic rings. The van der Waals surface area contributed by atoms with E-state index in [1.54, 1.807) is 0 Å². The van der Waals surface area contributed by atoms with E-state index in [2.05, 4.69) is 4.72 Å². The van der Waals surface area contributed by atoms with Gasteiger partial charge in [-0.1, -0.05) is 11.6 Å². The number of aliphatic hydroxyl groups excluding tert-OH is 1. The summed E-state index contributed by atoms with van der Waals surface area (Å²) in [6.45, 7) is 0. The van der Waals surface area contributed by atoms with E-state index < -0.39 is 72.5 Å². The molecule has 2 aromatic carbocycles. The first-order valence-electron chi connectivity index (χ1n) is 8.13. The number of aliphatic hydroxyl groups is 1. The third-order valence-corrected chi connectivity index (χ3v) is 6.08. The second kappa shape index (κ2) is 7.90. The predicted molar refractivity (Wildman–Crippen MR) is 95.0 cm³/mol. The van der Waals surface area contributed by atoms with E-state index in [1.165, 1.54) is 0 Å². The van der Waals surface area contributed by atoms with Crippen LogP contribution in [0.1, 0.15) is 23.2 Å². The third kappa shape index (κ3) is 4.53. The summed E-state index contributed by atoms with van der Waals surface area (Å²) in [5.74, 6) is -7.17. The molecule has 1 saturated carbocycles. The van der Waals surface area contributed by atoms with Crippen LogP contribution in [0, 0.1) is 23.3 Å². The molecule has 12 heteroatoms. The maximum Gasteiger partial charge on any atom is 0.257 e. The van der Waals surface area contributed by atoms with Crippen molar-refractivity contribution in [3.63, 3.8) is 0 Å². The number of hydrogen-bond donors (Lipinski definition) is 3. The number of amides is 1. The molecule has 3 N–H and O–H groups in total. The van der Waals surface area contributed by atoms with Gasteiger partial charge >= 0.3 is 0 Å². The van der Waals surface area contributed by atoms with Crippen LogP contribution in [-0.2, 0) is 10.0 Å². The highest BCUT2D eigenvalue weighted by Crippen LogP contribution is 2.28. The summed E-state index contributed by atoms with van der Waals surface area (Å²) in [4.78, 5) is 11.5. The zero-order chi connectivity index (χ0) is 21.5. The van der Waals surface area contributed by atoms with E-state index in [0.29, 0.717) is 24.3 Å². The van der Waals surface area contributed by atoms with Crippen LogP contribution in [0.3, 0.4) is 0 Å². The zero-order valence-electron chi connectivity index (χ0n) is 14.3. The van der Waals surface area contributed by atoms with Crippen molar-refractivity contribution in [2.24, 2.45) is 0 Å². The number of carbonyl (C=O) groups is 1. The van der Waals surface area contributed by atoms with Crippen molar-refractivity contribution in [3.05, 3.63) is 58.1 Å². The molecular weight excluding hydrogens is 440 g/mol. The molecule has 29 heavy (non-hydrogen) atoms. The lowest BCUT2D eigenvalue weighted by Gasteiger charge is -2.31. The highest BCUT2D eigenvalue weighted by Gasteiger charge is 2.33. The molecule has 0 aliphatic heterocycles. The summed E-state index contributed by atoms with van der Waals surface area (Å²) in [5, 5.41) is 10.8. The monoisotopic (exact) mass is 452 g/mol. The number of carbonyl (C=O) groups excluding carboxylic acids is 1. The SMILES string of the molecule is O=C(Nc1cc(F)c(F)c(F)c1)c1cc(S(=O)(=O)NC2CC(O)C2)c(F)cc1Cl. The molecule has 0 saturated heterocycles. The summed E-state index contributed by atoms with van der Waals surface area (Å²) < 4.78 is 80.7. The van der Waals surface area contributed by atoms with Crippen LogP contribution >= 0.6 is 11.6 Å². The Morgan fingerprint density at radius 2 is 1.62 bits per heavy atom. The molecule has 0 bridgehead atoms. The molecular formula is C17H13ClF4N2O4S. The first-order valence-corrected chi connectivity index (χ1v) is 9.99. The molecule has 156 valence electrons. The molecule has 1 amide bonds. The Kier molecular flexibility index (Phi) is 5.86. The Balaban J connectivity index is 1.89. The average molecular weight is 453 g/mol. The van der Waals surface area contributed by atoms with E-state index >= 15 is 0 Å². The Hall–Kier alpha value is -2.21. The van der Waals surface area contributed by atoms with Crippen molar-refractivity contribution < 1.29 is 35.9 Å². The number of halogens is 5. The van der Waals surface area contributed by atoms with Gasteiger partial charge in [0.25, 0.3) is 5.91 Å². The Morgan fingerprint density at radius 1 is 1.03 bits per heavy atom. The van der Waals surface area contributed by atoms with Crippen molar-refractivity contribution in [2.75, 3.05) is 5.32 Å². The third-order valence-electron chi connectivity index (χ3n) is 4.23. The first-order chi connectivity index (χ1) is 13.5. The highest BCUT2D eigenvalue weighted by molar-refractivity contribution is 7.89. The second-order valence-electron chi connectivity index (χ2n) is 6.41. The van der Waals surface area contributed by atoms with Crippen LogP contribution in [0.2, 0.25) is 5.02 Å². The van der Waals surface area contributed by atoms with Crippen LogP contribution in [0.5, 0.6) is 0 Å². The van der Waals surface area contributed by atoms with E-state index in [0.717, 1.165) is 0 Å². The Labute approximate surface area is 167 Å². The number of rotatable bonds is 5. The van der Waals surface area contributed by atoms with Crippen molar-refractivity contribution in [2.45, 2.75) is 29.9 Å². The molecule has 0 atom stereocenters. The summed E-state index contributed by atoms with van der Waals surface area (Å²) in [5.41, 5.74) is -0.954. The summed E-state index contributed by atoms with van der Waals surface area (Å²) in [7, 11) is -4.38. The van der Waals surface area contributed by atoms with Crippen LogP contribution in [0.25, 0.3) is 0 Å². The molecule has 2 aromatic rings. The quantitative estimate of drug-likeness (QED) is 0.480. The largest absolute Gasteiger partial charge is 0.393 e. The topological polar surface area (TPSA) is 95.5 Å². The van der Waals surface area contributed by atoms with E-state index in [1.807, 2.05) is 5.32 Å². The van der Waals surface area contributed by atoms with Gasteiger partial charge in [-0.15, -0.1) is 0 Å². The van der Waals surface area contributed by atoms with Gasteiger partial charge in [0, 0.05) is 23.9 Å². The van der Waals surface area contributed by atoms with E-state index in [9.17, 15) is 35.9 Å². The van der Waals surface area contributed by atoms with Crippen LogP contribution in [-0.4, -0.2) is 31.6 Å². The van der Waals surface area contributed by atoms with E-state index in [-0.39, 0.29) is 12.8 Å². The van der Waals surface area contributed by atoms with Crippen molar-refractivity contribution in [1.82, 2.24) is 4.72 Å². The molecule has 0 radical (unpaired) electrons. The smallest absolute Gasteiger partial charge is 0.257 e.